The average molecular weight is 254 g/mol. The van der Waals surface area contributed by atoms with Crippen LogP contribution in [-0.2, 0) is 5.41 Å². The molecule has 2 aromatic heterocycles. The minimum absolute atomic E-state index is 0.115. The van der Waals surface area contributed by atoms with E-state index in [4.69, 9.17) is 0 Å². The van der Waals surface area contributed by atoms with Crippen molar-refractivity contribution in [3.05, 3.63) is 36.7 Å². The van der Waals surface area contributed by atoms with Crippen molar-refractivity contribution in [1.82, 2.24) is 19.5 Å². The van der Waals surface area contributed by atoms with Crippen molar-refractivity contribution >= 4 is 0 Å². The number of nitrogens with zero attached hydrogens (tertiary/aromatic N) is 4. The molecule has 0 saturated heterocycles. The van der Waals surface area contributed by atoms with E-state index in [2.05, 4.69) is 15.0 Å². The molecule has 0 atom stereocenters. The van der Waals surface area contributed by atoms with Crippen LogP contribution in [0.2, 0.25) is 0 Å². The van der Waals surface area contributed by atoms with Crippen LogP contribution in [-0.4, -0.2) is 25.7 Å². The molecule has 1 aliphatic rings. The summed E-state index contributed by atoms with van der Waals surface area (Å²) in [5.74, 6) is 0.314. The van der Waals surface area contributed by atoms with Crippen LogP contribution >= 0.6 is 0 Å². The second-order valence-electron chi connectivity index (χ2n) is 4.32. The third-order valence-electron chi connectivity index (χ3n) is 3.22. The molecule has 0 radical (unpaired) electrons. The van der Waals surface area contributed by atoms with Gasteiger partial charge in [0.15, 0.2) is 0 Å². The molecule has 4 nitrogen and oxygen atoms in total. The van der Waals surface area contributed by atoms with Gasteiger partial charge in [0.2, 0.25) is 5.95 Å². The number of halogens is 3. The normalized spacial score (nSPS) is 17.7. The average Bonchev–Trinajstić information content (AvgIpc) is 2.99. The van der Waals surface area contributed by atoms with E-state index in [1.54, 1.807) is 12.4 Å². The van der Waals surface area contributed by atoms with Gasteiger partial charge in [-0.25, -0.2) is 15.0 Å². The molecule has 1 fully saturated rings. The Morgan fingerprint density at radius 2 is 1.83 bits per heavy atom. The molecule has 0 N–H and O–H groups in total. The molecule has 7 heteroatoms. The minimum Gasteiger partial charge on any atom is -0.274 e. The monoisotopic (exact) mass is 254 g/mol. The Hall–Kier alpha value is -1.92. The quantitative estimate of drug-likeness (QED) is 0.825. The molecule has 0 aromatic carbocycles. The Morgan fingerprint density at radius 1 is 1.17 bits per heavy atom. The van der Waals surface area contributed by atoms with Gasteiger partial charge in [0.25, 0.3) is 0 Å². The molecule has 3 rings (SSSR count). The van der Waals surface area contributed by atoms with Gasteiger partial charge < -0.3 is 0 Å². The van der Waals surface area contributed by atoms with Gasteiger partial charge in [0.05, 0.1) is 5.41 Å². The van der Waals surface area contributed by atoms with Crippen LogP contribution in [0.4, 0.5) is 13.2 Å². The summed E-state index contributed by atoms with van der Waals surface area (Å²) in [6.45, 7) is 0. The number of aromatic nitrogens is 4. The van der Waals surface area contributed by atoms with Crippen molar-refractivity contribution < 1.29 is 13.2 Å². The topological polar surface area (TPSA) is 43.6 Å². The summed E-state index contributed by atoms with van der Waals surface area (Å²) in [5, 5.41) is 0. The first-order chi connectivity index (χ1) is 8.53. The Bertz CT molecular complexity index is 541. The summed E-state index contributed by atoms with van der Waals surface area (Å²) in [4.78, 5) is 11.7. The molecule has 0 unspecified atom stereocenters. The fourth-order valence-corrected chi connectivity index (χ4v) is 1.94. The first-order valence-corrected chi connectivity index (χ1v) is 5.40. The molecule has 2 heterocycles. The van der Waals surface area contributed by atoms with Crippen molar-refractivity contribution in [3.63, 3.8) is 0 Å². The summed E-state index contributed by atoms with van der Waals surface area (Å²) in [5.41, 5.74) is -1.58. The van der Waals surface area contributed by atoms with Crippen molar-refractivity contribution in [2.75, 3.05) is 0 Å². The number of rotatable bonds is 2. The van der Waals surface area contributed by atoms with Crippen LogP contribution in [0.5, 0.6) is 0 Å². The fraction of sp³-hybridized carbons (Fsp3) is 0.364. The summed E-state index contributed by atoms with van der Waals surface area (Å²) in [7, 11) is 0. The highest BCUT2D eigenvalue weighted by molar-refractivity contribution is 5.31. The van der Waals surface area contributed by atoms with Crippen LogP contribution in [0.25, 0.3) is 5.95 Å². The third-order valence-corrected chi connectivity index (χ3v) is 3.22. The number of hydrogen-bond donors (Lipinski definition) is 0. The van der Waals surface area contributed by atoms with Crippen molar-refractivity contribution in [2.45, 2.75) is 24.4 Å². The molecule has 1 saturated carbocycles. The molecule has 2 aromatic rings. The van der Waals surface area contributed by atoms with E-state index in [9.17, 15) is 13.2 Å². The van der Waals surface area contributed by atoms with Gasteiger partial charge in [-0.15, -0.1) is 0 Å². The second-order valence-corrected chi connectivity index (χ2v) is 4.32. The van der Waals surface area contributed by atoms with Gasteiger partial charge in [-0.2, -0.15) is 13.2 Å². The van der Waals surface area contributed by atoms with Crippen molar-refractivity contribution in [3.8, 4) is 5.95 Å². The largest absolute Gasteiger partial charge is 0.398 e. The summed E-state index contributed by atoms with van der Waals surface area (Å²) in [6, 6.07) is 0. The lowest BCUT2D eigenvalue weighted by atomic mass is 9.99. The zero-order valence-electron chi connectivity index (χ0n) is 9.22. The highest BCUT2D eigenvalue weighted by Crippen LogP contribution is 2.58. The summed E-state index contributed by atoms with van der Waals surface area (Å²) in [6.07, 6.45) is 3.18. The molecule has 1 aliphatic carbocycles. The molecule has 0 amide bonds. The molecule has 0 spiro atoms. The summed E-state index contributed by atoms with van der Waals surface area (Å²) < 4.78 is 40.2. The maximum Gasteiger partial charge on any atom is 0.398 e. The lowest BCUT2D eigenvalue weighted by Crippen LogP contribution is -2.29. The molecular formula is C11H9F3N4. The molecule has 94 valence electrons. The zero-order valence-corrected chi connectivity index (χ0v) is 9.22. The Kier molecular flexibility index (Phi) is 2.20. The Balaban J connectivity index is 1.93. The van der Waals surface area contributed by atoms with E-state index >= 15 is 0 Å². The van der Waals surface area contributed by atoms with Crippen LogP contribution < -0.4 is 0 Å². The van der Waals surface area contributed by atoms with E-state index < -0.39 is 11.6 Å². The number of imidazole rings is 1. The van der Waals surface area contributed by atoms with E-state index in [0.717, 1.165) is 0 Å². The minimum atomic E-state index is -4.23. The fourth-order valence-electron chi connectivity index (χ4n) is 1.94. The first-order valence-electron chi connectivity index (χ1n) is 5.40. The summed E-state index contributed by atoms with van der Waals surface area (Å²) >= 11 is 0. The predicted molar refractivity (Wildman–Crippen MR) is 56.1 cm³/mol. The van der Waals surface area contributed by atoms with Gasteiger partial charge in [0, 0.05) is 30.4 Å². The van der Waals surface area contributed by atoms with E-state index in [-0.39, 0.29) is 18.4 Å². The third kappa shape index (κ3) is 1.58. The van der Waals surface area contributed by atoms with E-state index in [1.807, 2.05) is 0 Å². The maximum atomic E-state index is 12.9. The standard InChI is InChI=1S/C11H9F3N4/c12-11(13,14)10(1-2-10)8-5-16-9(17-6-8)18-4-3-15-7-18/h3-7H,1-2H2. The number of hydrogen-bond acceptors (Lipinski definition) is 3. The predicted octanol–water partition coefficient (Wildman–Crippen LogP) is 2.26. The lowest BCUT2D eigenvalue weighted by molar-refractivity contribution is -0.160. The maximum absolute atomic E-state index is 12.9. The van der Waals surface area contributed by atoms with Crippen LogP contribution in [0.15, 0.2) is 31.1 Å². The highest BCUT2D eigenvalue weighted by atomic mass is 19.4. The molecular weight excluding hydrogens is 245 g/mol. The molecule has 18 heavy (non-hydrogen) atoms. The van der Waals surface area contributed by atoms with E-state index in [1.165, 1.54) is 23.3 Å². The van der Waals surface area contributed by atoms with Gasteiger partial charge in [0.1, 0.15) is 6.33 Å². The highest BCUT2D eigenvalue weighted by Gasteiger charge is 2.64. The van der Waals surface area contributed by atoms with Crippen LogP contribution in [0, 0.1) is 0 Å². The van der Waals surface area contributed by atoms with Gasteiger partial charge >= 0.3 is 6.18 Å². The SMILES string of the molecule is FC(F)(F)C1(c2cnc(-n3ccnc3)nc2)CC1. The second kappa shape index (κ2) is 3.54. The van der Waals surface area contributed by atoms with Crippen molar-refractivity contribution in [2.24, 2.45) is 0 Å². The Morgan fingerprint density at radius 3 is 2.28 bits per heavy atom. The molecule has 0 aliphatic heterocycles. The van der Waals surface area contributed by atoms with E-state index in [0.29, 0.717) is 5.95 Å². The van der Waals surface area contributed by atoms with Gasteiger partial charge in [-0.1, -0.05) is 0 Å². The van der Waals surface area contributed by atoms with Crippen molar-refractivity contribution in [1.29, 1.82) is 0 Å². The number of alkyl halides is 3. The lowest BCUT2D eigenvalue weighted by Gasteiger charge is -2.18. The molecule has 0 bridgehead atoms. The van der Waals surface area contributed by atoms with Gasteiger partial charge in [-0.3, -0.25) is 4.57 Å². The Labute approximate surface area is 101 Å². The van der Waals surface area contributed by atoms with Gasteiger partial charge in [-0.05, 0) is 12.8 Å². The zero-order chi connectivity index (χ0) is 12.8. The van der Waals surface area contributed by atoms with Crippen LogP contribution in [0.1, 0.15) is 18.4 Å². The van der Waals surface area contributed by atoms with Crippen LogP contribution in [0.3, 0.4) is 0 Å². The smallest absolute Gasteiger partial charge is 0.274 e. The first kappa shape index (κ1) is 11.2.